The van der Waals surface area contributed by atoms with Gasteiger partial charge in [0.1, 0.15) is 5.76 Å². The van der Waals surface area contributed by atoms with Gasteiger partial charge in [0, 0.05) is 17.4 Å². The maximum Gasteiger partial charge on any atom is 0.334 e. The Morgan fingerprint density at radius 2 is 1.73 bits per heavy atom. The van der Waals surface area contributed by atoms with Crippen molar-refractivity contribution < 1.29 is 13.9 Å². The summed E-state index contributed by atoms with van der Waals surface area (Å²) >= 11 is 0. The predicted molar refractivity (Wildman–Crippen MR) is 85.2 cm³/mol. The van der Waals surface area contributed by atoms with Crippen LogP contribution in [0.2, 0.25) is 0 Å². The van der Waals surface area contributed by atoms with Gasteiger partial charge in [-0.15, -0.1) is 0 Å². The highest BCUT2D eigenvalue weighted by Gasteiger charge is 2.53. The first-order valence-corrected chi connectivity index (χ1v) is 8.57. The van der Waals surface area contributed by atoms with Crippen molar-refractivity contribution in [1.29, 1.82) is 0 Å². The molecule has 0 N–H and O–H groups in total. The summed E-state index contributed by atoms with van der Waals surface area (Å²) in [5, 5.41) is 0. The number of esters is 1. The fourth-order valence-corrected chi connectivity index (χ4v) is 4.40. The van der Waals surface area contributed by atoms with Crippen LogP contribution in [0, 0.1) is 11.8 Å². The Kier molecular flexibility index (Phi) is 4.42. The third kappa shape index (κ3) is 2.62. The lowest BCUT2D eigenvalue weighted by atomic mass is 9.73. The van der Waals surface area contributed by atoms with Gasteiger partial charge in [-0.3, -0.25) is 0 Å². The molecule has 1 heterocycles. The van der Waals surface area contributed by atoms with Gasteiger partial charge in [-0.05, 0) is 44.7 Å². The maximum absolute atomic E-state index is 12.4. The molecule has 3 heteroatoms. The highest BCUT2D eigenvalue weighted by molar-refractivity contribution is 5.87. The number of hydrogen-bond acceptors (Lipinski definition) is 3. The number of hydrogen-bond donors (Lipinski definition) is 0. The van der Waals surface area contributed by atoms with Crippen LogP contribution in [0.3, 0.4) is 0 Å². The number of fused-ring (bicyclic) bond motifs is 2. The number of rotatable bonds is 3. The van der Waals surface area contributed by atoms with Gasteiger partial charge in [0.15, 0.2) is 5.60 Å². The van der Waals surface area contributed by atoms with E-state index in [4.69, 9.17) is 9.15 Å². The van der Waals surface area contributed by atoms with Crippen LogP contribution in [0.15, 0.2) is 35.0 Å². The topological polar surface area (TPSA) is 39.4 Å². The lowest BCUT2D eigenvalue weighted by Crippen LogP contribution is -2.44. The molecule has 0 spiro atoms. The van der Waals surface area contributed by atoms with Gasteiger partial charge in [0.05, 0.1) is 6.26 Å². The van der Waals surface area contributed by atoms with Crippen molar-refractivity contribution in [2.45, 2.75) is 63.9 Å². The van der Waals surface area contributed by atoms with E-state index in [0.29, 0.717) is 17.4 Å². The van der Waals surface area contributed by atoms with Crippen LogP contribution in [0.5, 0.6) is 0 Å². The van der Waals surface area contributed by atoms with Crippen molar-refractivity contribution in [2.24, 2.45) is 11.8 Å². The molecule has 2 aliphatic carbocycles. The normalized spacial score (nSPS) is 31.9. The molecule has 120 valence electrons. The molecule has 2 aliphatic rings. The van der Waals surface area contributed by atoms with Crippen LogP contribution in [-0.4, -0.2) is 5.97 Å². The molecule has 0 atom stereocenters. The van der Waals surface area contributed by atoms with Gasteiger partial charge < -0.3 is 9.15 Å². The summed E-state index contributed by atoms with van der Waals surface area (Å²) in [6.45, 7) is 5.49. The molecule has 2 fully saturated rings. The Morgan fingerprint density at radius 1 is 1.18 bits per heavy atom. The summed E-state index contributed by atoms with van der Waals surface area (Å²) in [6.07, 6.45) is 11.0. The molecule has 0 saturated heterocycles. The summed E-state index contributed by atoms with van der Waals surface area (Å²) in [7, 11) is 0. The van der Waals surface area contributed by atoms with Crippen LogP contribution >= 0.6 is 0 Å². The fraction of sp³-hybridized carbons (Fsp3) is 0.632. The summed E-state index contributed by atoms with van der Waals surface area (Å²) in [5.74, 6) is 1.27. The van der Waals surface area contributed by atoms with E-state index in [0.717, 1.165) is 31.4 Å². The van der Waals surface area contributed by atoms with Crippen molar-refractivity contribution in [1.82, 2.24) is 0 Å². The highest BCUT2D eigenvalue weighted by atomic mass is 16.6. The Hall–Kier alpha value is -1.51. The molecule has 0 radical (unpaired) electrons. The molecule has 0 amide bonds. The minimum atomic E-state index is -0.591. The maximum atomic E-state index is 12.4. The first kappa shape index (κ1) is 15.4. The Balaban J connectivity index is 2.08. The Morgan fingerprint density at radius 3 is 2.14 bits per heavy atom. The number of carbonyl (C=O) groups excluding carboxylic acids is 1. The van der Waals surface area contributed by atoms with Crippen LogP contribution in [0.25, 0.3) is 0 Å². The molecule has 3 nitrogen and oxygen atoms in total. The predicted octanol–water partition coefficient (Wildman–Crippen LogP) is 4.97. The average Bonchev–Trinajstić information content (AvgIpc) is 2.93. The smallest absolute Gasteiger partial charge is 0.334 e. The largest absolute Gasteiger partial charge is 0.465 e. The van der Waals surface area contributed by atoms with Crippen LogP contribution in [0.1, 0.15) is 64.1 Å². The van der Waals surface area contributed by atoms with Gasteiger partial charge in [-0.25, -0.2) is 4.79 Å². The summed E-state index contributed by atoms with van der Waals surface area (Å²) < 4.78 is 12.0. The van der Waals surface area contributed by atoms with Gasteiger partial charge >= 0.3 is 5.97 Å². The van der Waals surface area contributed by atoms with Gasteiger partial charge in [0.2, 0.25) is 0 Å². The van der Waals surface area contributed by atoms with E-state index in [-0.39, 0.29) is 5.97 Å². The zero-order valence-electron chi connectivity index (χ0n) is 13.5. The molecular formula is C19H26O3. The molecule has 2 bridgehead atoms. The third-order valence-electron chi connectivity index (χ3n) is 5.44. The molecule has 0 aromatic carbocycles. The molecule has 1 aromatic rings. The summed E-state index contributed by atoms with van der Waals surface area (Å²) in [4.78, 5) is 12.4. The standard InChI is InChI=1S/C19H26O3/c1-14(2)18(20)22-19(17-12-7-13-21-17)15-8-3-4-9-16(19)11-6-5-10-15/h7,12-13,15-16H,1,3-6,8-11H2,2H3. The second kappa shape index (κ2) is 6.31. The van der Waals surface area contributed by atoms with Crippen molar-refractivity contribution in [3.8, 4) is 0 Å². The quantitative estimate of drug-likeness (QED) is 0.584. The van der Waals surface area contributed by atoms with E-state index >= 15 is 0 Å². The monoisotopic (exact) mass is 302 g/mol. The van der Waals surface area contributed by atoms with Gasteiger partial charge in [0.25, 0.3) is 0 Å². The molecule has 3 rings (SSSR count). The lowest BCUT2D eigenvalue weighted by molar-refractivity contribution is -0.177. The summed E-state index contributed by atoms with van der Waals surface area (Å²) in [6, 6.07) is 3.89. The number of ether oxygens (including phenoxy) is 1. The van der Waals surface area contributed by atoms with Crippen molar-refractivity contribution >= 4 is 5.97 Å². The number of carbonyl (C=O) groups is 1. The minimum Gasteiger partial charge on any atom is -0.465 e. The van der Waals surface area contributed by atoms with Gasteiger partial charge in [-0.2, -0.15) is 0 Å². The molecule has 22 heavy (non-hydrogen) atoms. The molecule has 1 aromatic heterocycles. The zero-order chi connectivity index (χ0) is 15.6. The van der Waals surface area contributed by atoms with E-state index < -0.39 is 5.60 Å². The van der Waals surface area contributed by atoms with Gasteiger partial charge in [-0.1, -0.05) is 32.3 Å². The van der Waals surface area contributed by atoms with E-state index in [1.54, 1.807) is 13.2 Å². The highest BCUT2D eigenvalue weighted by Crippen LogP contribution is 2.53. The van der Waals surface area contributed by atoms with Crippen molar-refractivity contribution in [2.75, 3.05) is 0 Å². The number of furan rings is 1. The Labute approximate surface area is 132 Å². The van der Waals surface area contributed by atoms with Crippen LogP contribution < -0.4 is 0 Å². The second-order valence-corrected chi connectivity index (χ2v) is 6.90. The van der Waals surface area contributed by atoms with Crippen molar-refractivity contribution in [3.05, 3.63) is 36.3 Å². The molecule has 0 aliphatic heterocycles. The first-order valence-electron chi connectivity index (χ1n) is 8.57. The fourth-order valence-electron chi connectivity index (χ4n) is 4.40. The Bertz CT molecular complexity index is 501. The molecule has 2 saturated carbocycles. The van der Waals surface area contributed by atoms with Crippen LogP contribution in [-0.2, 0) is 15.1 Å². The SMILES string of the molecule is C=C(C)C(=O)OC1(c2ccco2)C2CCCCC1CCCC2. The average molecular weight is 302 g/mol. The van der Waals surface area contributed by atoms with E-state index in [2.05, 4.69) is 6.58 Å². The van der Waals surface area contributed by atoms with Crippen LogP contribution in [0.4, 0.5) is 0 Å². The minimum absolute atomic E-state index is 0.282. The van der Waals surface area contributed by atoms with Crippen molar-refractivity contribution in [3.63, 3.8) is 0 Å². The molecule has 0 unspecified atom stereocenters. The molecular weight excluding hydrogens is 276 g/mol. The third-order valence-corrected chi connectivity index (χ3v) is 5.44. The lowest BCUT2D eigenvalue weighted by Gasteiger charge is -2.41. The van der Waals surface area contributed by atoms with E-state index in [1.807, 2.05) is 12.1 Å². The zero-order valence-corrected chi connectivity index (χ0v) is 13.5. The summed E-state index contributed by atoms with van der Waals surface area (Å²) in [5.41, 5.74) is -0.126. The van der Waals surface area contributed by atoms with E-state index in [1.165, 1.54) is 25.7 Å². The van der Waals surface area contributed by atoms with E-state index in [9.17, 15) is 4.79 Å². The second-order valence-electron chi connectivity index (χ2n) is 6.90. The first-order chi connectivity index (χ1) is 10.6.